The maximum Gasteiger partial charge on any atom is 0.223 e. The lowest BCUT2D eigenvalue weighted by atomic mass is 9.89. The molecule has 0 aromatic rings. The number of hydrogen-bond acceptors (Lipinski definition) is 2. The number of carbonyl (C=O) groups excluding carboxylic acids is 1. The Hall–Kier alpha value is -0.570. The van der Waals surface area contributed by atoms with Crippen molar-refractivity contribution in [3.63, 3.8) is 0 Å². The molecule has 2 N–H and O–H groups in total. The second kappa shape index (κ2) is 7.88. The van der Waals surface area contributed by atoms with Crippen molar-refractivity contribution >= 4 is 5.91 Å². The summed E-state index contributed by atoms with van der Waals surface area (Å²) in [6.07, 6.45) is 10.9. The van der Waals surface area contributed by atoms with Crippen molar-refractivity contribution in [2.45, 2.75) is 70.8 Å². The molecule has 1 aliphatic heterocycles. The minimum Gasteiger partial charge on any atom is -0.353 e. The third kappa shape index (κ3) is 4.79. The van der Waals surface area contributed by atoms with Crippen molar-refractivity contribution in [1.29, 1.82) is 0 Å². The Bertz CT molecular complexity index is 268. The lowest BCUT2D eigenvalue weighted by molar-refractivity contribution is -0.126. The summed E-state index contributed by atoms with van der Waals surface area (Å²) in [5.41, 5.74) is 0. The van der Waals surface area contributed by atoms with E-state index in [4.69, 9.17) is 0 Å². The third-order valence-electron chi connectivity index (χ3n) is 4.79. The van der Waals surface area contributed by atoms with Crippen LogP contribution in [0.25, 0.3) is 0 Å². The van der Waals surface area contributed by atoms with E-state index in [-0.39, 0.29) is 5.92 Å². The molecule has 0 aromatic carbocycles. The Balaban J connectivity index is 1.80. The fourth-order valence-electron chi connectivity index (χ4n) is 3.64. The fraction of sp³-hybridized carbons (Fsp3) is 0.938. The van der Waals surface area contributed by atoms with E-state index in [0.717, 1.165) is 51.1 Å². The molecular weight excluding hydrogens is 236 g/mol. The molecular formula is C16H30N2O. The van der Waals surface area contributed by atoms with Gasteiger partial charge < -0.3 is 10.6 Å². The Labute approximate surface area is 117 Å². The minimum atomic E-state index is 0.267. The zero-order chi connectivity index (χ0) is 13.5. The number of carbonyl (C=O) groups is 1. The van der Waals surface area contributed by atoms with Gasteiger partial charge in [0.1, 0.15) is 0 Å². The zero-order valence-electron chi connectivity index (χ0n) is 12.4. The maximum absolute atomic E-state index is 12.5. The van der Waals surface area contributed by atoms with Crippen LogP contribution in [0.5, 0.6) is 0 Å². The van der Waals surface area contributed by atoms with Crippen LogP contribution in [0, 0.1) is 11.8 Å². The monoisotopic (exact) mass is 266 g/mol. The topological polar surface area (TPSA) is 41.1 Å². The molecule has 19 heavy (non-hydrogen) atoms. The van der Waals surface area contributed by atoms with Gasteiger partial charge >= 0.3 is 0 Å². The first-order valence-electron chi connectivity index (χ1n) is 8.30. The maximum atomic E-state index is 12.5. The lowest BCUT2D eigenvalue weighted by Gasteiger charge is -2.27. The van der Waals surface area contributed by atoms with Gasteiger partial charge in [-0.2, -0.15) is 0 Å². The highest BCUT2D eigenvalue weighted by Gasteiger charge is 2.26. The third-order valence-corrected chi connectivity index (χ3v) is 4.79. The first kappa shape index (κ1) is 14.8. The Kier molecular flexibility index (Phi) is 6.15. The van der Waals surface area contributed by atoms with E-state index >= 15 is 0 Å². The summed E-state index contributed by atoms with van der Waals surface area (Å²) < 4.78 is 0. The van der Waals surface area contributed by atoms with Gasteiger partial charge in [0.15, 0.2) is 0 Å². The summed E-state index contributed by atoms with van der Waals surface area (Å²) in [6.45, 7) is 4.29. The quantitative estimate of drug-likeness (QED) is 0.776. The van der Waals surface area contributed by atoms with Gasteiger partial charge in [-0.1, -0.05) is 39.0 Å². The van der Waals surface area contributed by atoms with Crippen LogP contribution in [0.3, 0.4) is 0 Å². The van der Waals surface area contributed by atoms with E-state index in [2.05, 4.69) is 17.6 Å². The average molecular weight is 266 g/mol. The van der Waals surface area contributed by atoms with E-state index in [0.29, 0.717) is 11.9 Å². The summed E-state index contributed by atoms with van der Waals surface area (Å²) in [6, 6.07) is 0.414. The molecule has 0 spiro atoms. The van der Waals surface area contributed by atoms with Crippen molar-refractivity contribution in [2.24, 2.45) is 11.8 Å². The van der Waals surface area contributed by atoms with Crippen LogP contribution in [0.15, 0.2) is 0 Å². The number of rotatable bonds is 6. The summed E-state index contributed by atoms with van der Waals surface area (Å²) in [7, 11) is 0. The van der Waals surface area contributed by atoms with Gasteiger partial charge in [-0.05, 0) is 44.7 Å². The first-order valence-corrected chi connectivity index (χ1v) is 8.30. The van der Waals surface area contributed by atoms with E-state index < -0.39 is 0 Å². The molecule has 0 radical (unpaired) electrons. The van der Waals surface area contributed by atoms with Gasteiger partial charge in [0.25, 0.3) is 0 Å². The molecule has 0 aromatic heterocycles. The lowest BCUT2D eigenvalue weighted by Crippen LogP contribution is -2.45. The first-order chi connectivity index (χ1) is 9.29. The second-order valence-electron chi connectivity index (χ2n) is 6.40. The van der Waals surface area contributed by atoms with Crippen molar-refractivity contribution in [3.05, 3.63) is 0 Å². The van der Waals surface area contributed by atoms with Crippen molar-refractivity contribution in [2.75, 3.05) is 13.1 Å². The van der Waals surface area contributed by atoms with Crippen molar-refractivity contribution in [3.8, 4) is 0 Å². The van der Waals surface area contributed by atoms with E-state index in [9.17, 15) is 4.79 Å². The van der Waals surface area contributed by atoms with Crippen LogP contribution < -0.4 is 10.6 Å². The highest BCUT2D eigenvalue weighted by molar-refractivity contribution is 5.78. The van der Waals surface area contributed by atoms with E-state index in [1.54, 1.807) is 0 Å². The van der Waals surface area contributed by atoms with Crippen LogP contribution in [-0.4, -0.2) is 25.0 Å². The SMILES string of the molecule is CCCC(CC1CCCC1)C(=O)NC1CCNCC1. The van der Waals surface area contributed by atoms with Crippen LogP contribution in [0.2, 0.25) is 0 Å². The van der Waals surface area contributed by atoms with Gasteiger partial charge in [0, 0.05) is 12.0 Å². The standard InChI is InChI=1S/C16H30N2O/c1-2-5-14(12-13-6-3-4-7-13)16(19)18-15-8-10-17-11-9-15/h13-15,17H,2-12H2,1H3,(H,18,19). The molecule has 1 heterocycles. The normalized spacial score (nSPS) is 23.4. The Morgan fingerprint density at radius 1 is 1.21 bits per heavy atom. The molecule has 1 unspecified atom stereocenters. The molecule has 2 aliphatic rings. The largest absolute Gasteiger partial charge is 0.353 e. The van der Waals surface area contributed by atoms with Crippen LogP contribution >= 0.6 is 0 Å². The number of nitrogens with one attached hydrogen (secondary N) is 2. The fourth-order valence-corrected chi connectivity index (χ4v) is 3.64. The van der Waals surface area contributed by atoms with Gasteiger partial charge in [-0.3, -0.25) is 4.79 Å². The molecule has 1 atom stereocenters. The minimum absolute atomic E-state index is 0.267. The molecule has 2 fully saturated rings. The van der Waals surface area contributed by atoms with Crippen molar-refractivity contribution in [1.82, 2.24) is 10.6 Å². The number of hydrogen-bond donors (Lipinski definition) is 2. The molecule has 2 rings (SSSR count). The molecule has 110 valence electrons. The summed E-state index contributed by atoms with van der Waals surface area (Å²) in [5, 5.41) is 6.65. The molecule has 1 aliphatic carbocycles. The van der Waals surface area contributed by atoms with Crippen LogP contribution in [-0.2, 0) is 4.79 Å². The molecule has 3 heteroatoms. The average Bonchev–Trinajstić information content (AvgIpc) is 2.92. The molecule has 1 saturated heterocycles. The highest BCUT2D eigenvalue weighted by Crippen LogP contribution is 2.31. The van der Waals surface area contributed by atoms with E-state index in [1.807, 2.05) is 0 Å². The van der Waals surface area contributed by atoms with Crippen LogP contribution in [0.4, 0.5) is 0 Å². The van der Waals surface area contributed by atoms with Gasteiger partial charge in [0.2, 0.25) is 5.91 Å². The van der Waals surface area contributed by atoms with E-state index in [1.165, 1.54) is 25.7 Å². The second-order valence-corrected chi connectivity index (χ2v) is 6.40. The zero-order valence-corrected chi connectivity index (χ0v) is 12.4. The van der Waals surface area contributed by atoms with Gasteiger partial charge in [-0.15, -0.1) is 0 Å². The highest BCUT2D eigenvalue weighted by atomic mass is 16.1. The van der Waals surface area contributed by atoms with Crippen LogP contribution in [0.1, 0.15) is 64.7 Å². The Morgan fingerprint density at radius 2 is 1.89 bits per heavy atom. The van der Waals surface area contributed by atoms with Gasteiger partial charge in [-0.25, -0.2) is 0 Å². The summed E-state index contributed by atoms with van der Waals surface area (Å²) in [5.74, 6) is 1.42. The Morgan fingerprint density at radius 3 is 2.53 bits per heavy atom. The van der Waals surface area contributed by atoms with Crippen molar-refractivity contribution < 1.29 is 4.79 Å². The molecule has 1 amide bonds. The summed E-state index contributed by atoms with van der Waals surface area (Å²) in [4.78, 5) is 12.5. The molecule has 3 nitrogen and oxygen atoms in total. The predicted molar refractivity (Wildman–Crippen MR) is 79.0 cm³/mol. The smallest absolute Gasteiger partial charge is 0.223 e. The molecule has 1 saturated carbocycles. The number of piperidine rings is 1. The number of amides is 1. The summed E-state index contributed by atoms with van der Waals surface area (Å²) >= 11 is 0. The van der Waals surface area contributed by atoms with Gasteiger partial charge in [0.05, 0.1) is 0 Å². The predicted octanol–water partition coefficient (Wildman–Crippen LogP) is 2.85. The molecule has 0 bridgehead atoms.